The van der Waals surface area contributed by atoms with Gasteiger partial charge in [0, 0.05) is 13.6 Å². The van der Waals surface area contributed by atoms with Gasteiger partial charge in [-0.05, 0) is 19.4 Å². The number of carbonyl (C=O) groups excluding carboxylic acids is 1. The van der Waals surface area contributed by atoms with Crippen LogP contribution < -0.4 is 5.32 Å². The fraction of sp³-hybridized carbons (Fsp3) is 0.889. The summed E-state index contributed by atoms with van der Waals surface area (Å²) in [6.45, 7) is 1.07. The van der Waals surface area contributed by atoms with Gasteiger partial charge in [-0.2, -0.15) is 0 Å². The average molecular weight is 206 g/mol. The summed E-state index contributed by atoms with van der Waals surface area (Å²) in [5.41, 5.74) is 0. The molecule has 0 aliphatic carbocycles. The Balaban J connectivity index is 2.38. The van der Waals surface area contributed by atoms with Crippen LogP contribution in [0.1, 0.15) is 12.8 Å². The lowest BCUT2D eigenvalue weighted by Crippen LogP contribution is -2.42. The smallest absolute Gasteiger partial charge is 0.255 e. The second kappa shape index (κ2) is 5.24. The summed E-state index contributed by atoms with van der Waals surface area (Å²) in [5, 5.41) is 3.09. The summed E-state index contributed by atoms with van der Waals surface area (Å²) in [6, 6.07) is 0. The van der Waals surface area contributed by atoms with E-state index in [1.165, 1.54) is 7.05 Å². The molecule has 0 radical (unpaired) electrons. The zero-order chi connectivity index (χ0) is 10.6. The average Bonchev–Trinajstić information content (AvgIpc) is 2.17. The number of halogens is 2. The molecule has 5 heteroatoms. The van der Waals surface area contributed by atoms with Gasteiger partial charge in [0.25, 0.3) is 6.43 Å². The Labute approximate surface area is 82.5 Å². The molecule has 1 rings (SSSR count). The Morgan fingerprint density at radius 3 is 2.86 bits per heavy atom. The Morgan fingerprint density at radius 2 is 2.36 bits per heavy atom. The first-order valence-electron chi connectivity index (χ1n) is 4.85. The third kappa shape index (κ3) is 3.21. The van der Waals surface area contributed by atoms with Crippen LogP contribution in [-0.2, 0) is 4.79 Å². The molecule has 1 aliphatic heterocycles. The number of hydrogen-bond acceptors (Lipinski definition) is 2. The minimum absolute atomic E-state index is 0.118. The molecule has 1 saturated heterocycles. The molecule has 0 saturated carbocycles. The van der Waals surface area contributed by atoms with Gasteiger partial charge in [-0.1, -0.05) is 0 Å². The van der Waals surface area contributed by atoms with Crippen molar-refractivity contribution in [2.45, 2.75) is 19.3 Å². The van der Waals surface area contributed by atoms with Crippen LogP contribution >= 0.6 is 0 Å². The predicted molar refractivity (Wildman–Crippen MR) is 49.2 cm³/mol. The summed E-state index contributed by atoms with van der Waals surface area (Å²) in [6.07, 6.45) is -0.696. The first-order valence-corrected chi connectivity index (χ1v) is 4.85. The maximum atomic E-state index is 12.0. The first kappa shape index (κ1) is 11.4. The monoisotopic (exact) mass is 206 g/mol. The molecule has 14 heavy (non-hydrogen) atoms. The van der Waals surface area contributed by atoms with E-state index in [9.17, 15) is 13.6 Å². The number of amides is 1. The van der Waals surface area contributed by atoms with E-state index in [-0.39, 0.29) is 11.8 Å². The van der Waals surface area contributed by atoms with Crippen molar-refractivity contribution in [3.05, 3.63) is 0 Å². The Hall–Kier alpha value is -0.710. The van der Waals surface area contributed by atoms with Crippen molar-refractivity contribution in [2.75, 3.05) is 26.7 Å². The highest BCUT2D eigenvalue weighted by molar-refractivity contribution is 5.78. The van der Waals surface area contributed by atoms with Crippen molar-refractivity contribution < 1.29 is 13.6 Å². The van der Waals surface area contributed by atoms with Crippen molar-refractivity contribution in [1.82, 2.24) is 10.2 Å². The molecule has 1 unspecified atom stereocenters. The van der Waals surface area contributed by atoms with E-state index in [0.717, 1.165) is 24.3 Å². The third-order valence-corrected chi connectivity index (χ3v) is 2.43. The molecule has 1 fully saturated rings. The lowest BCUT2D eigenvalue weighted by atomic mass is 9.98. The molecule has 0 bridgehead atoms. The van der Waals surface area contributed by atoms with Gasteiger partial charge in [-0.15, -0.1) is 0 Å². The number of rotatable bonds is 3. The Morgan fingerprint density at radius 1 is 1.64 bits per heavy atom. The van der Waals surface area contributed by atoms with Crippen LogP contribution in [0.3, 0.4) is 0 Å². The van der Waals surface area contributed by atoms with Crippen LogP contribution in [0.25, 0.3) is 0 Å². The van der Waals surface area contributed by atoms with E-state index in [4.69, 9.17) is 0 Å². The highest BCUT2D eigenvalue weighted by Crippen LogP contribution is 2.13. The molecule has 3 nitrogen and oxygen atoms in total. The SMILES string of the molecule is CN(CC(F)F)C(=O)C1CCCNC1. The first-order chi connectivity index (χ1) is 6.61. The minimum atomic E-state index is -2.44. The molecule has 1 amide bonds. The van der Waals surface area contributed by atoms with Crippen molar-refractivity contribution in [2.24, 2.45) is 5.92 Å². The van der Waals surface area contributed by atoms with Gasteiger partial charge in [-0.3, -0.25) is 4.79 Å². The van der Waals surface area contributed by atoms with Crippen LogP contribution in [-0.4, -0.2) is 43.9 Å². The zero-order valence-electron chi connectivity index (χ0n) is 8.30. The molecule has 0 aromatic heterocycles. The molecule has 1 aliphatic rings. The summed E-state index contributed by atoms with van der Waals surface area (Å²) >= 11 is 0. The van der Waals surface area contributed by atoms with Gasteiger partial charge in [0.1, 0.15) is 0 Å². The summed E-state index contributed by atoms with van der Waals surface area (Å²) < 4.78 is 24.0. The van der Waals surface area contributed by atoms with E-state index in [1.54, 1.807) is 0 Å². The molecular weight excluding hydrogens is 190 g/mol. The van der Waals surface area contributed by atoms with Crippen molar-refractivity contribution >= 4 is 5.91 Å². The normalized spacial score (nSPS) is 22.4. The van der Waals surface area contributed by atoms with Crippen LogP contribution in [0, 0.1) is 5.92 Å². The standard InChI is InChI=1S/C9H16F2N2O/c1-13(6-8(10)11)9(14)7-3-2-4-12-5-7/h7-8,12H,2-6H2,1H3. The molecular formula is C9H16F2N2O. The summed E-state index contributed by atoms with van der Waals surface area (Å²) in [5.74, 6) is -0.287. The molecule has 1 heterocycles. The van der Waals surface area contributed by atoms with E-state index >= 15 is 0 Å². The predicted octanol–water partition coefficient (Wildman–Crippen LogP) is 0.709. The number of hydrogen-bond donors (Lipinski definition) is 1. The number of nitrogens with one attached hydrogen (secondary N) is 1. The van der Waals surface area contributed by atoms with Gasteiger partial charge in [-0.25, -0.2) is 8.78 Å². The Bertz CT molecular complexity index is 193. The van der Waals surface area contributed by atoms with Crippen LogP contribution in [0.2, 0.25) is 0 Å². The number of piperidine rings is 1. The number of alkyl halides is 2. The highest BCUT2D eigenvalue weighted by Gasteiger charge is 2.25. The largest absolute Gasteiger partial charge is 0.340 e. The van der Waals surface area contributed by atoms with E-state index in [2.05, 4.69) is 5.32 Å². The molecule has 0 aromatic rings. The Kier molecular flexibility index (Phi) is 4.25. The summed E-state index contributed by atoms with van der Waals surface area (Å²) in [7, 11) is 1.43. The molecule has 0 spiro atoms. The molecule has 1 atom stereocenters. The second-order valence-electron chi connectivity index (χ2n) is 3.65. The zero-order valence-corrected chi connectivity index (χ0v) is 8.30. The topological polar surface area (TPSA) is 32.3 Å². The highest BCUT2D eigenvalue weighted by atomic mass is 19.3. The summed E-state index contributed by atoms with van der Waals surface area (Å²) in [4.78, 5) is 12.7. The van der Waals surface area contributed by atoms with Crippen LogP contribution in [0.4, 0.5) is 8.78 Å². The van der Waals surface area contributed by atoms with Crippen LogP contribution in [0.5, 0.6) is 0 Å². The number of carbonyl (C=O) groups is 1. The number of nitrogens with zero attached hydrogens (tertiary/aromatic N) is 1. The van der Waals surface area contributed by atoms with Gasteiger partial charge in [0.2, 0.25) is 5.91 Å². The third-order valence-electron chi connectivity index (χ3n) is 2.43. The molecule has 0 aromatic carbocycles. The van der Waals surface area contributed by atoms with Gasteiger partial charge in [0.05, 0.1) is 12.5 Å². The maximum Gasteiger partial charge on any atom is 0.255 e. The van der Waals surface area contributed by atoms with Crippen molar-refractivity contribution in [3.63, 3.8) is 0 Å². The lowest BCUT2D eigenvalue weighted by Gasteiger charge is -2.26. The minimum Gasteiger partial charge on any atom is -0.340 e. The fourth-order valence-electron chi connectivity index (χ4n) is 1.67. The lowest BCUT2D eigenvalue weighted by molar-refractivity contribution is -0.136. The van der Waals surface area contributed by atoms with Gasteiger partial charge >= 0.3 is 0 Å². The van der Waals surface area contributed by atoms with Crippen molar-refractivity contribution in [3.8, 4) is 0 Å². The maximum absolute atomic E-state index is 12.0. The van der Waals surface area contributed by atoms with E-state index < -0.39 is 13.0 Å². The second-order valence-corrected chi connectivity index (χ2v) is 3.65. The van der Waals surface area contributed by atoms with Gasteiger partial charge < -0.3 is 10.2 Å². The van der Waals surface area contributed by atoms with Crippen molar-refractivity contribution in [1.29, 1.82) is 0 Å². The van der Waals surface area contributed by atoms with E-state index in [0.29, 0.717) is 6.54 Å². The quantitative estimate of drug-likeness (QED) is 0.737. The molecule has 82 valence electrons. The fourth-order valence-corrected chi connectivity index (χ4v) is 1.67. The van der Waals surface area contributed by atoms with E-state index in [1.807, 2.05) is 0 Å². The van der Waals surface area contributed by atoms with Crippen LogP contribution in [0.15, 0.2) is 0 Å². The molecule has 1 N–H and O–H groups in total. The van der Waals surface area contributed by atoms with Gasteiger partial charge in [0.15, 0.2) is 0 Å².